The van der Waals surface area contributed by atoms with E-state index >= 15 is 0 Å². The van der Waals surface area contributed by atoms with Crippen molar-refractivity contribution >= 4 is 23.2 Å². The van der Waals surface area contributed by atoms with E-state index in [2.05, 4.69) is 18.2 Å². The Balaban J connectivity index is 2.42. The summed E-state index contributed by atoms with van der Waals surface area (Å²) < 4.78 is 0. The maximum Gasteiger partial charge on any atom is 0.132 e. The van der Waals surface area contributed by atoms with Gasteiger partial charge < -0.3 is 0 Å². The molecule has 0 radical (unpaired) electrons. The van der Waals surface area contributed by atoms with E-state index in [1.807, 2.05) is 36.4 Å². The number of benzene rings is 2. The zero-order valence-electron chi connectivity index (χ0n) is 8.03. The summed E-state index contributed by atoms with van der Waals surface area (Å²) in [5.41, 5.74) is 3.24. The SMILES string of the molecule is ClC(Cl)c1cccc(-c2ccccc2)c1. The molecule has 0 heterocycles. The van der Waals surface area contributed by atoms with Gasteiger partial charge in [-0.2, -0.15) is 0 Å². The summed E-state index contributed by atoms with van der Waals surface area (Å²) in [6.45, 7) is 0. The third kappa shape index (κ3) is 2.53. The lowest BCUT2D eigenvalue weighted by Gasteiger charge is -2.05. The number of alkyl halides is 2. The second kappa shape index (κ2) is 4.69. The molecule has 0 spiro atoms. The van der Waals surface area contributed by atoms with Crippen LogP contribution in [-0.2, 0) is 0 Å². The van der Waals surface area contributed by atoms with E-state index in [9.17, 15) is 0 Å². The Bertz CT molecular complexity index is 435. The number of hydrogen-bond donors (Lipinski definition) is 0. The molecular weight excluding hydrogens is 227 g/mol. The van der Waals surface area contributed by atoms with Crippen LogP contribution < -0.4 is 0 Å². The van der Waals surface area contributed by atoms with Crippen molar-refractivity contribution in [1.29, 1.82) is 0 Å². The van der Waals surface area contributed by atoms with Crippen molar-refractivity contribution in [1.82, 2.24) is 0 Å². The maximum absolute atomic E-state index is 5.83. The predicted octanol–water partition coefficient (Wildman–Crippen LogP) is 4.83. The van der Waals surface area contributed by atoms with Crippen molar-refractivity contribution in [3.63, 3.8) is 0 Å². The van der Waals surface area contributed by atoms with E-state index in [0.717, 1.165) is 11.1 Å². The molecule has 0 unspecified atom stereocenters. The fourth-order valence-electron chi connectivity index (χ4n) is 1.48. The van der Waals surface area contributed by atoms with Crippen molar-refractivity contribution in [3.05, 3.63) is 60.2 Å². The first-order valence-electron chi connectivity index (χ1n) is 4.71. The Kier molecular flexibility index (Phi) is 3.30. The van der Waals surface area contributed by atoms with E-state index in [-0.39, 0.29) is 0 Å². The van der Waals surface area contributed by atoms with Gasteiger partial charge in [-0.1, -0.05) is 48.5 Å². The zero-order chi connectivity index (χ0) is 10.7. The van der Waals surface area contributed by atoms with E-state index < -0.39 is 4.84 Å². The summed E-state index contributed by atoms with van der Waals surface area (Å²) in [7, 11) is 0. The monoisotopic (exact) mass is 236 g/mol. The first-order valence-corrected chi connectivity index (χ1v) is 5.58. The van der Waals surface area contributed by atoms with E-state index in [1.165, 1.54) is 5.56 Å². The molecule has 2 aromatic rings. The Morgan fingerprint density at radius 2 is 1.40 bits per heavy atom. The van der Waals surface area contributed by atoms with Crippen LogP contribution in [0.4, 0.5) is 0 Å². The average molecular weight is 237 g/mol. The van der Waals surface area contributed by atoms with Crippen molar-refractivity contribution in [2.75, 3.05) is 0 Å². The number of halogens is 2. The molecule has 0 aromatic heterocycles. The van der Waals surface area contributed by atoms with Crippen molar-refractivity contribution in [2.24, 2.45) is 0 Å². The number of rotatable bonds is 2. The van der Waals surface area contributed by atoms with Crippen molar-refractivity contribution in [2.45, 2.75) is 4.84 Å². The van der Waals surface area contributed by atoms with Gasteiger partial charge in [-0.05, 0) is 22.8 Å². The highest BCUT2D eigenvalue weighted by Crippen LogP contribution is 2.28. The Labute approximate surface area is 99.5 Å². The molecule has 0 saturated carbocycles. The predicted molar refractivity (Wildman–Crippen MR) is 66.3 cm³/mol. The van der Waals surface area contributed by atoms with Gasteiger partial charge in [0.2, 0.25) is 0 Å². The van der Waals surface area contributed by atoms with Gasteiger partial charge in [-0.25, -0.2) is 0 Å². The van der Waals surface area contributed by atoms with Crippen LogP contribution in [0.1, 0.15) is 10.4 Å². The quantitative estimate of drug-likeness (QED) is 0.656. The minimum absolute atomic E-state index is 0.464. The molecule has 0 atom stereocenters. The van der Waals surface area contributed by atoms with Gasteiger partial charge in [-0.3, -0.25) is 0 Å². The van der Waals surface area contributed by atoms with Crippen LogP contribution in [0, 0.1) is 0 Å². The lowest BCUT2D eigenvalue weighted by atomic mass is 10.0. The van der Waals surface area contributed by atoms with Crippen LogP contribution in [0.5, 0.6) is 0 Å². The van der Waals surface area contributed by atoms with Crippen LogP contribution in [0.2, 0.25) is 0 Å². The van der Waals surface area contributed by atoms with Crippen LogP contribution in [0.15, 0.2) is 54.6 Å². The van der Waals surface area contributed by atoms with Gasteiger partial charge >= 0.3 is 0 Å². The molecule has 0 aliphatic rings. The molecule has 0 amide bonds. The topological polar surface area (TPSA) is 0 Å². The molecule has 0 aliphatic carbocycles. The summed E-state index contributed by atoms with van der Waals surface area (Å²) in [6, 6.07) is 18.1. The summed E-state index contributed by atoms with van der Waals surface area (Å²) in [5.74, 6) is 0. The highest BCUT2D eigenvalue weighted by Gasteiger charge is 2.04. The van der Waals surface area contributed by atoms with Gasteiger partial charge in [0.25, 0.3) is 0 Å². The molecule has 2 heteroatoms. The van der Waals surface area contributed by atoms with Gasteiger partial charge in [0.1, 0.15) is 4.84 Å². The highest BCUT2D eigenvalue weighted by atomic mass is 35.5. The highest BCUT2D eigenvalue weighted by molar-refractivity contribution is 6.44. The molecule has 0 fully saturated rings. The van der Waals surface area contributed by atoms with Gasteiger partial charge in [0.05, 0.1) is 0 Å². The lowest BCUT2D eigenvalue weighted by molar-refractivity contribution is 1.35. The molecule has 0 nitrogen and oxygen atoms in total. The van der Waals surface area contributed by atoms with Gasteiger partial charge in [0, 0.05) is 0 Å². The number of hydrogen-bond acceptors (Lipinski definition) is 0. The first kappa shape index (κ1) is 10.5. The standard InChI is InChI=1S/C13H10Cl2/c14-13(15)12-8-4-7-11(9-12)10-5-2-1-3-6-10/h1-9,13H. The Morgan fingerprint density at radius 3 is 2.07 bits per heavy atom. The van der Waals surface area contributed by atoms with Crippen LogP contribution in [-0.4, -0.2) is 0 Å². The largest absolute Gasteiger partial charge is 0.132 e. The fraction of sp³-hybridized carbons (Fsp3) is 0.0769. The fourth-order valence-corrected chi connectivity index (χ4v) is 1.76. The minimum atomic E-state index is -0.464. The molecule has 15 heavy (non-hydrogen) atoms. The van der Waals surface area contributed by atoms with E-state index in [4.69, 9.17) is 23.2 Å². The second-order valence-electron chi connectivity index (χ2n) is 3.29. The average Bonchev–Trinajstić information content (AvgIpc) is 2.30. The van der Waals surface area contributed by atoms with Gasteiger partial charge in [0.15, 0.2) is 0 Å². The zero-order valence-corrected chi connectivity index (χ0v) is 9.54. The third-order valence-corrected chi connectivity index (χ3v) is 2.75. The normalized spacial score (nSPS) is 10.6. The van der Waals surface area contributed by atoms with Gasteiger partial charge in [-0.15, -0.1) is 23.2 Å². The van der Waals surface area contributed by atoms with E-state index in [1.54, 1.807) is 0 Å². The maximum atomic E-state index is 5.83. The van der Waals surface area contributed by atoms with E-state index in [0.29, 0.717) is 0 Å². The van der Waals surface area contributed by atoms with Crippen LogP contribution in [0.25, 0.3) is 11.1 Å². The van der Waals surface area contributed by atoms with Crippen molar-refractivity contribution in [3.8, 4) is 11.1 Å². The van der Waals surface area contributed by atoms with Crippen LogP contribution in [0.3, 0.4) is 0 Å². The summed E-state index contributed by atoms with van der Waals surface area (Å²) >= 11 is 11.7. The Hall–Kier alpha value is -0.980. The minimum Gasteiger partial charge on any atom is -0.100 e. The summed E-state index contributed by atoms with van der Waals surface area (Å²) in [6.07, 6.45) is 0. The summed E-state index contributed by atoms with van der Waals surface area (Å²) in [5, 5.41) is 0. The summed E-state index contributed by atoms with van der Waals surface area (Å²) in [4.78, 5) is -0.464. The second-order valence-corrected chi connectivity index (χ2v) is 4.39. The molecule has 2 rings (SSSR count). The van der Waals surface area contributed by atoms with Crippen molar-refractivity contribution < 1.29 is 0 Å². The molecule has 76 valence electrons. The third-order valence-electron chi connectivity index (χ3n) is 2.25. The lowest BCUT2D eigenvalue weighted by Crippen LogP contribution is -1.83. The Morgan fingerprint density at radius 1 is 0.733 bits per heavy atom. The molecule has 0 bridgehead atoms. The molecule has 2 aromatic carbocycles. The molecule has 0 N–H and O–H groups in total. The first-order chi connectivity index (χ1) is 7.27. The van der Waals surface area contributed by atoms with Crippen LogP contribution >= 0.6 is 23.2 Å². The molecule has 0 aliphatic heterocycles. The smallest absolute Gasteiger partial charge is 0.100 e. The molecular formula is C13H10Cl2. The molecule has 0 saturated heterocycles.